The second-order valence-electron chi connectivity index (χ2n) is 5.37. The highest BCUT2D eigenvalue weighted by Crippen LogP contribution is 2.51. The Balaban J connectivity index is 2.77. The molecule has 0 heterocycles. The summed E-state index contributed by atoms with van der Waals surface area (Å²) in [5.74, 6) is -1.26. The third kappa shape index (κ3) is 3.64. The molecule has 0 spiro atoms. The van der Waals surface area contributed by atoms with Crippen LogP contribution < -0.4 is 0 Å². The van der Waals surface area contributed by atoms with Crippen LogP contribution in [-0.2, 0) is 25.0 Å². The van der Waals surface area contributed by atoms with Crippen molar-refractivity contribution in [3.63, 3.8) is 0 Å². The Bertz CT molecular complexity index is 870. The van der Waals surface area contributed by atoms with Crippen LogP contribution in [-0.4, -0.2) is 24.7 Å². The molecule has 0 aliphatic heterocycles. The largest absolute Gasteiger partial charge is 0.442 e. The molecule has 0 radical (unpaired) electrons. The van der Waals surface area contributed by atoms with Crippen molar-refractivity contribution < 1.29 is 31.1 Å². The molecular weight excluding hydrogens is 437 g/mol. The van der Waals surface area contributed by atoms with E-state index in [-0.39, 0.29) is 0 Å². The van der Waals surface area contributed by atoms with E-state index < -0.39 is 42.2 Å². The number of sulfone groups is 1. The van der Waals surface area contributed by atoms with Crippen molar-refractivity contribution in [1.82, 2.24) is 0 Å². The predicted molar refractivity (Wildman–Crippen MR) is 92.3 cm³/mol. The van der Waals surface area contributed by atoms with Gasteiger partial charge in [0, 0.05) is 12.5 Å². The molecule has 0 N–H and O–H groups in total. The maximum Gasteiger partial charge on any atom is 0.348 e. The number of alkyl halides is 4. The second kappa shape index (κ2) is 7.40. The summed E-state index contributed by atoms with van der Waals surface area (Å²) in [5, 5.41) is 0. The number of hydrogen-bond acceptors (Lipinski definition) is 4. The second-order valence-corrected chi connectivity index (χ2v) is 8.34. The third-order valence-corrected chi connectivity index (χ3v) is 5.99. The molecule has 2 aromatic carbocycles. The summed E-state index contributed by atoms with van der Waals surface area (Å²) in [7, 11) is -4.93. The zero-order chi connectivity index (χ0) is 19.6. The molecule has 0 aliphatic rings. The smallest absolute Gasteiger partial charge is 0.348 e. The van der Waals surface area contributed by atoms with E-state index in [0.717, 1.165) is 31.2 Å². The molecule has 2 atom stereocenters. The standard InChI is InChI=1S/C17H14BrF3O4S/c1-12(22)25-16(17(18,20)21,13-8-4-2-5-9-13)15(19)26(23,24)14-10-6-3-7-11-14/h2-11,15H,1H3. The van der Waals surface area contributed by atoms with Crippen LogP contribution in [0.25, 0.3) is 0 Å². The lowest BCUT2D eigenvalue weighted by atomic mass is 9.95. The number of esters is 1. The first-order chi connectivity index (χ1) is 12.0. The van der Waals surface area contributed by atoms with Crippen molar-refractivity contribution in [3.05, 3.63) is 66.2 Å². The molecule has 2 aromatic rings. The fraction of sp³-hybridized carbons (Fsp3) is 0.235. The van der Waals surface area contributed by atoms with Crippen LogP contribution >= 0.6 is 15.9 Å². The van der Waals surface area contributed by atoms with Crippen molar-refractivity contribution in [2.24, 2.45) is 0 Å². The van der Waals surface area contributed by atoms with Gasteiger partial charge in [0.2, 0.25) is 9.84 Å². The Morgan fingerprint density at radius 1 is 1.04 bits per heavy atom. The van der Waals surface area contributed by atoms with Crippen molar-refractivity contribution in [3.8, 4) is 0 Å². The molecule has 0 saturated carbocycles. The van der Waals surface area contributed by atoms with Gasteiger partial charge in [0.1, 0.15) is 0 Å². The Hall–Kier alpha value is -1.87. The van der Waals surface area contributed by atoms with Gasteiger partial charge in [0.05, 0.1) is 4.90 Å². The van der Waals surface area contributed by atoms with Gasteiger partial charge in [-0.05, 0) is 28.1 Å². The van der Waals surface area contributed by atoms with Crippen LogP contribution in [0.3, 0.4) is 0 Å². The maximum atomic E-state index is 15.4. The summed E-state index contributed by atoms with van der Waals surface area (Å²) in [6.07, 6.45) is 0. The molecule has 26 heavy (non-hydrogen) atoms. The molecule has 0 aliphatic carbocycles. The average Bonchev–Trinajstić information content (AvgIpc) is 2.59. The Kier molecular flexibility index (Phi) is 5.82. The summed E-state index contributed by atoms with van der Waals surface area (Å²) < 4.78 is 74.4. The van der Waals surface area contributed by atoms with Gasteiger partial charge >= 0.3 is 10.8 Å². The molecule has 9 heteroatoms. The van der Waals surface area contributed by atoms with Gasteiger partial charge in [-0.25, -0.2) is 12.8 Å². The van der Waals surface area contributed by atoms with Gasteiger partial charge in [0.25, 0.3) is 11.1 Å². The van der Waals surface area contributed by atoms with Crippen LogP contribution in [0.15, 0.2) is 65.6 Å². The summed E-state index contributed by atoms with van der Waals surface area (Å²) >= 11 is 2.02. The van der Waals surface area contributed by atoms with Crippen molar-refractivity contribution >= 4 is 31.7 Å². The van der Waals surface area contributed by atoms with E-state index in [1.54, 1.807) is 0 Å². The normalized spacial score (nSPS) is 15.7. The van der Waals surface area contributed by atoms with Gasteiger partial charge in [-0.3, -0.25) is 4.79 Å². The van der Waals surface area contributed by atoms with Gasteiger partial charge < -0.3 is 4.74 Å². The molecule has 0 bridgehead atoms. The van der Waals surface area contributed by atoms with Gasteiger partial charge in [-0.15, -0.1) is 0 Å². The molecule has 4 nitrogen and oxygen atoms in total. The van der Waals surface area contributed by atoms with E-state index in [4.69, 9.17) is 0 Å². The van der Waals surface area contributed by atoms with Crippen LogP contribution in [0.5, 0.6) is 0 Å². The minimum atomic E-state index is -4.93. The Morgan fingerprint density at radius 2 is 1.50 bits per heavy atom. The first-order valence-corrected chi connectivity index (χ1v) is 9.62. The molecule has 0 aromatic heterocycles. The molecule has 140 valence electrons. The first kappa shape index (κ1) is 20.4. The average molecular weight is 451 g/mol. The highest BCUT2D eigenvalue weighted by atomic mass is 79.9. The van der Waals surface area contributed by atoms with E-state index >= 15 is 4.39 Å². The number of benzene rings is 2. The summed E-state index contributed by atoms with van der Waals surface area (Å²) in [6, 6.07) is 12.5. The zero-order valence-corrected chi connectivity index (χ0v) is 15.8. The number of hydrogen-bond donors (Lipinski definition) is 0. The number of halogens is 4. The predicted octanol–water partition coefficient (Wildman–Crippen LogP) is 4.20. The number of carbonyl (C=O) groups is 1. The van der Waals surface area contributed by atoms with Gasteiger partial charge in [-0.1, -0.05) is 48.5 Å². The first-order valence-electron chi connectivity index (χ1n) is 7.28. The fourth-order valence-corrected chi connectivity index (χ4v) is 4.65. The molecule has 0 saturated heterocycles. The van der Waals surface area contributed by atoms with Crippen molar-refractivity contribution in [2.75, 3.05) is 0 Å². The topological polar surface area (TPSA) is 60.4 Å². The van der Waals surface area contributed by atoms with Gasteiger partial charge in [-0.2, -0.15) is 8.78 Å². The van der Waals surface area contributed by atoms with Crippen LogP contribution in [0.2, 0.25) is 0 Å². The lowest BCUT2D eigenvalue weighted by molar-refractivity contribution is -0.195. The Labute approximate surface area is 157 Å². The fourth-order valence-electron chi connectivity index (χ4n) is 2.45. The molecule has 2 unspecified atom stereocenters. The van der Waals surface area contributed by atoms with Crippen LogP contribution in [0, 0.1) is 0 Å². The van der Waals surface area contributed by atoms with Crippen molar-refractivity contribution in [1.29, 1.82) is 0 Å². The quantitative estimate of drug-likeness (QED) is 0.488. The number of rotatable bonds is 6. The van der Waals surface area contributed by atoms with E-state index in [0.29, 0.717) is 0 Å². The SMILES string of the molecule is CC(=O)OC(c1ccccc1)(C(F)S(=O)(=O)c1ccccc1)C(F)(F)Br. The van der Waals surface area contributed by atoms with E-state index in [1.165, 1.54) is 36.4 Å². The minimum Gasteiger partial charge on any atom is -0.442 e. The number of ether oxygens (including phenoxy) is 1. The maximum absolute atomic E-state index is 15.4. The van der Waals surface area contributed by atoms with Gasteiger partial charge in [0.15, 0.2) is 0 Å². The highest BCUT2D eigenvalue weighted by Gasteiger charge is 2.66. The lowest BCUT2D eigenvalue weighted by Crippen LogP contribution is -2.54. The molecule has 2 rings (SSSR count). The van der Waals surface area contributed by atoms with E-state index in [9.17, 15) is 22.0 Å². The third-order valence-electron chi connectivity index (χ3n) is 3.59. The summed E-state index contributed by atoms with van der Waals surface area (Å²) in [5.41, 5.74) is -7.21. The molecule has 0 amide bonds. The highest BCUT2D eigenvalue weighted by molar-refractivity contribution is 9.10. The van der Waals surface area contributed by atoms with Crippen LogP contribution in [0.1, 0.15) is 12.5 Å². The molecular formula is C17H14BrF3O4S. The van der Waals surface area contributed by atoms with E-state index in [2.05, 4.69) is 4.74 Å². The van der Waals surface area contributed by atoms with E-state index in [1.807, 2.05) is 15.9 Å². The number of carbonyl (C=O) groups excluding carboxylic acids is 1. The van der Waals surface area contributed by atoms with Crippen LogP contribution in [0.4, 0.5) is 13.2 Å². The monoisotopic (exact) mass is 450 g/mol. The zero-order valence-electron chi connectivity index (χ0n) is 13.4. The Morgan fingerprint density at radius 3 is 1.92 bits per heavy atom. The summed E-state index contributed by atoms with van der Waals surface area (Å²) in [4.78, 5) is 6.76. The molecule has 0 fully saturated rings. The van der Waals surface area contributed by atoms with Crippen molar-refractivity contribution in [2.45, 2.75) is 27.8 Å². The minimum absolute atomic E-state index is 0.510. The lowest BCUT2D eigenvalue weighted by Gasteiger charge is -2.38. The summed E-state index contributed by atoms with van der Waals surface area (Å²) in [6.45, 7) is 0.790.